The van der Waals surface area contributed by atoms with E-state index in [9.17, 15) is 9.59 Å². The van der Waals surface area contributed by atoms with Gasteiger partial charge in [-0.1, -0.05) is 103 Å². The van der Waals surface area contributed by atoms with Crippen LogP contribution in [0.3, 0.4) is 0 Å². The number of hydrogen-bond acceptors (Lipinski definition) is 3. The van der Waals surface area contributed by atoms with Gasteiger partial charge >= 0.3 is 0 Å². The molecule has 1 heterocycles. The average Bonchev–Trinajstić information content (AvgIpc) is 3.13. The van der Waals surface area contributed by atoms with Crippen molar-refractivity contribution >= 4 is 11.8 Å². The molecule has 2 amide bonds. The fraction of sp³-hybridized carbons (Fsp3) is 0.103. The highest BCUT2D eigenvalue weighted by Crippen LogP contribution is 2.40. The summed E-state index contributed by atoms with van der Waals surface area (Å²) in [5, 5.41) is 0. The molecule has 4 aromatic rings. The number of carbonyl (C=O) groups excluding carboxylic acids is 2. The molecule has 0 aliphatic carbocycles. The molecule has 0 bridgehead atoms. The van der Waals surface area contributed by atoms with Gasteiger partial charge < -0.3 is 4.74 Å². The number of amides is 2. The molecule has 0 radical (unpaired) electrons. The van der Waals surface area contributed by atoms with Crippen LogP contribution in [0.15, 0.2) is 115 Å². The molecular formula is C29H23NO3. The van der Waals surface area contributed by atoms with E-state index < -0.39 is 5.60 Å². The summed E-state index contributed by atoms with van der Waals surface area (Å²) in [7, 11) is 0. The highest BCUT2D eigenvalue weighted by atomic mass is 16.5. The molecule has 162 valence electrons. The lowest BCUT2D eigenvalue weighted by Gasteiger charge is -2.36. The normalized spacial score (nSPS) is 13.3. The predicted molar refractivity (Wildman–Crippen MR) is 127 cm³/mol. The quantitative estimate of drug-likeness (QED) is 0.294. The SMILES string of the molecule is O=C1c2ccccc2C(=O)N1CCOC(c1ccccc1)(c1ccccc1)c1ccccc1. The van der Waals surface area contributed by atoms with Gasteiger partial charge in [-0.05, 0) is 28.8 Å². The third-order valence-corrected chi connectivity index (χ3v) is 6.05. The summed E-state index contributed by atoms with van der Waals surface area (Å²) in [6, 6.07) is 37.1. The van der Waals surface area contributed by atoms with Crippen LogP contribution in [0, 0.1) is 0 Å². The van der Waals surface area contributed by atoms with Crippen molar-refractivity contribution < 1.29 is 14.3 Å². The summed E-state index contributed by atoms with van der Waals surface area (Å²) < 4.78 is 6.70. The summed E-state index contributed by atoms with van der Waals surface area (Å²) in [4.78, 5) is 26.9. The predicted octanol–water partition coefficient (Wildman–Crippen LogP) is 5.29. The van der Waals surface area contributed by atoms with Crippen LogP contribution < -0.4 is 0 Å². The lowest BCUT2D eigenvalue weighted by atomic mass is 9.80. The third kappa shape index (κ3) is 3.65. The van der Waals surface area contributed by atoms with Gasteiger partial charge in [0.15, 0.2) is 0 Å². The van der Waals surface area contributed by atoms with E-state index in [0.29, 0.717) is 11.1 Å². The summed E-state index contributed by atoms with van der Waals surface area (Å²) >= 11 is 0. The zero-order chi connectivity index (χ0) is 22.7. The molecule has 0 unspecified atom stereocenters. The first kappa shape index (κ1) is 20.9. The number of benzene rings is 4. The van der Waals surface area contributed by atoms with Crippen LogP contribution in [-0.2, 0) is 10.3 Å². The Morgan fingerprint density at radius 3 is 1.30 bits per heavy atom. The lowest BCUT2D eigenvalue weighted by molar-refractivity contribution is 0.00339. The first-order chi connectivity index (χ1) is 16.2. The largest absolute Gasteiger partial charge is 0.359 e. The van der Waals surface area contributed by atoms with Crippen molar-refractivity contribution in [2.45, 2.75) is 5.60 Å². The zero-order valence-corrected chi connectivity index (χ0v) is 18.1. The van der Waals surface area contributed by atoms with Gasteiger partial charge in [-0.2, -0.15) is 0 Å². The fourth-order valence-electron chi connectivity index (χ4n) is 4.50. The van der Waals surface area contributed by atoms with Crippen LogP contribution in [0.1, 0.15) is 37.4 Å². The van der Waals surface area contributed by atoms with Gasteiger partial charge in [0.25, 0.3) is 11.8 Å². The summed E-state index contributed by atoms with van der Waals surface area (Å²) in [5.74, 6) is -0.548. The Hall–Kier alpha value is -4.02. The maximum absolute atomic E-state index is 12.8. The molecule has 5 rings (SSSR count). The maximum Gasteiger partial charge on any atom is 0.261 e. The Morgan fingerprint density at radius 2 is 0.909 bits per heavy atom. The van der Waals surface area contributed by atoms with Crippen LogP contribution in [0.2, 0.25) is 0 Å². The molecular weight excluding hydrogens is 410 g/mol. The van der Waals surface area contributed by atoms with Gasteiger partial charge in [-0.25, -0.2) is 0 Å². The number of rotatable bonds is 7. The van der Waals surface area contributed by atoms with Gasteiger partial charge in [0.1, 0.15) is 5.60 Å². The van der Waals surface area contributed by atoms with E-state index >= 15 is 0 Å². The Labute approximate surface area is 193 Å². The molecule has 33 heavy (non-hydrogen) atoms. The standard InChI is InChI=1S/C29H23NO3/c31-27-25-18-10-11-19-26(25)28(32)30(27)20-21-33-29(22-12-4-1-5-13-22,23-14-6-2-7-15-23)24-16-8-3-9-17-24/h1-19H,20-21H2. The van der Waals surface area contributed by atoms with E-state index in [1.165, 1.54) is 4.90 Å². The Morgan fingerprint density at radius 1 is 0.545 bits per heavy atom. The van der Waals surface area contributed by atoms with Crippen molar-refractivity contribution in [3.63, 3.8) is 0 Å². The summed E-state index contributed by atoms with van der Waals surface area (Å²) in [6.45, 7) is 0.352. The molecule has 0 aromatic heterocycles. The first-order valence-electron chi connectivity index (χ1n) is 11.0. The minimum Gasteiger partial charge on any atom is -0.359 e. The van der Waals surface area contributed by atoms with Gasteiger partial charge in [-0.15, -0.1) is 0 Å². The fourth-order valence-corrected chi connectivity index (χ4v) is 4.50. The molecule has 1 aliphatic rings. The van der Waals surface area contributed by atoms with Crippen LogP contribution in [0.4, 0.5) is 0 Å². The molecule has 1 aliphatic heterocycles. The molecule has 4 heteroatoms. The second-order valence-electron chi connectivity index (χ2n) is 7.94. The molecule has 4 aromatic carbocycles. The number of ether oxygens (including phenoxy) is 1. The third-order valence-electron chi connectivity index (χ3n) is 6.05. The van der Waals surface area contributed by atoms with Crippen LogP contribution in [0.25, 0.3) is 0 Å². The van der Waals surface area contributed by atoms with E-state index in [4.69, 9.17) is 4.74 Å². The number of nitrogens with zero attached hydrogens (tertiary/aromatic N) is 1. The van der Waals surface area contributed by atoms with Crippen molar-refractivity contribution in [2.24, 2.45) is 0 Å². The number of hydrogen-bond donors (Lipinski definition) is 0. The van der Waals surface area contributed by atoms with Crippen molar-refractivity contribution in [2.75, 3.05) is 13.2 Å². The molecule has 4 nitrogen and oxygen atoms in total. The van der Waals surface area contributed by atoms with Gasteiger partial charge in [0, 0.05) is 0 Å². The Kier molecular flexibility index (Phi) is 5.59. The van der Waals surface area contributed by atoms with E-state index in [2.05, 4.69) is 0 Å². The van der Waals surface area contributed by atoms with E-state index in [-0.39, 0.29) is 25.0 Å². The van der Waals surface area contributed by atoms with Crippen molar-refractivity contribution in [1.29, 1.82) is 0 Å². The van der Waals surface area contributed by atoms with Crippen LogP contribution >= 0.6 is 0 Å². The molecule has 0 saturated heterocycles. The first-order valence-corrected chi connectivity index (χ1v) is 11.0. The Bertz CT molecular complexity index is 1140. The summed E-state index contributed by atoms with van der Waals surface area (Å²) in [5.41, 5.74) is 2.94. The highest BCUT2D eigenvalue weighted by Gasteiger charge is 2.39. The minimum absolute atomic E-state index is 0.167. The van der Waals surface area contributed by atoms with Crippen molar-refractivity contribution in [1.82, 2.24) is 4.90 Å². The zero-order valence-electron chi connectivity index (χ0n) is 18.1. The lowest BCUT2D eigenvalue weighted by Crippen LogP contribution is -2.38. The highest BCUT2D eigenvalue weighted by molar-refractivity contribution is 6.21. The maximum atomic E-state index is 12.8. The number of fused-ring (bicyclic) bond motifs is 1. The van der Waals surface area contributed by atoms with Gasteiger partial charge in [-0.3, -0.25) is 14.5 Å². The van der Waals surface area contributed by atoms with E-state index in [0.717, 1.165) is 16.7 Å². The molecule has 0 N–H and O–H groups in total. The second kappa shape index (κ2) is 8.85. The smallest absolute Gasteiger partial charge is 0.261 e. The molecule has 0 fully saturated rings. The van der Waals surface area contributed by atoms with Crippen LogP contribution in [-0.4, -0.2) is 29.9 Å². The second-order valence-corrected chi connectivity index (χ2v) is 7.94. The van der Waals surface area contributed by atoms with Crippen molar-refractivity contribution in [3.05, 3.63) is 143 Å². The molecule has 0 atom stereocenters. The van der Waals surface area contributed by atoms with Gasteiger partial charge in [0.2, 0.25) is 0 Å². The summed E-state index contributed by atoms with van der Waals surface area (Å²) in [6.07, 6.45) is 0. The number of imide groups is 1. The van der Waals surface area contributed by atoms with Crippen molar-refractivity contribution in [3.8, 4) is 0 Å². The monoisotopic (exact) mass is 433 g/mol. The van der Waals surface area contributed by atoms with E-state index in [1.807, 2.05) is 91.0 Å². The Balaban J connectivity index is 1.51. The topological polar surface area (TPSA) is 46.6 Å². The number of carbonyl (C=O) groups is 2. The average molecular weight is 434 g/mol. The molecule has 0 saturated carbocycles. The minimum atomic E-state index is -0.886. The molecule has 0 spiro atoms. The van der Waals surface area contributed by atoms with Gasteiger partial charge in [0.05, 0.1) is 24.3 Å². The van der Waals surface area contributed by atoms with E-state index in [1.54, 1.807) is 24.3 Å². The van der Waals surface area contributed by atoms with Crippen LogP contribution in [0.5, 0.6) is 0 Å².